The van der Waals surface area contributed by atoms with Crippen LogP contribution in [-0.2, 0) is 12.8 Å². The number of methoxy groups -OCH3 is 1. The molecule has 0 saturated carbocycles. The summed E-state index contributed by atoms with van der Waals surface area (Å²) in [4.78, 5) is 2.52. The Balaban J connectivity index is 0.000000282. The normalized spacial score (nSPS) is 13.0. The van der Waals surface area contributed by atoms with E-state index in [2.05, 4.69) is 30.0 Å². The summed E-state index contributed by atoms with van der Waals surface area (Å²) in [6.07, 6.45) is 6.01. The zero-order chi connectivity index (χ0) is 20.1. The van der Waals surface area contributed by atoms with Gasteiger partial charge in [0, 0.05) is 18.8 Å². The maximum Gasteiger partial charge on any atom is 0.123 e. The van der Waals surface area contributed by atoms with E-state index in [9.17, 15) is 4.39 Å². The Bertz CT molecular complexity index is 651. The second kappa shape index (κ2) is 13.2. The predicted molar refractivity (Wildman–Crippen MR) is 116 cm³/mol. The third-order valence-electron chi connectivity index (χ3n) is 4.66. The lowest BCUT2D eigenvalue weighted by Gasteiger charge is -2.30. The first kappa shape index (κ1) is 23.0. The number of halogens is 1. The average molecular weight is 374 g/mol. The number of piperidine rings is 1. The molecular formula is C24H36FNO. The highest BCUT2D eigenvalue weighted by Gasteiger charge is 2.14. The van der Waals surface area contributed by atoms with Gasteiger partial charge in [0.2, 0.25) is 0 Å². The van der Waals surface area contributed by atoms with Gasteiger partial charge in [-0.3, -0.25) is 0 Å². The fraction of sp³-hybridized carbons (Fsp3) is 0.500. The van der Waals surface area contributed by atoms with Crippen LogP contribution in [0, 0.1) is 5.82 Å². The number of ether oxygens (including phenoxy) is 1. The number of hydrogen-bond acceptors (Lipinski definition) is 2. The topological polar surface area (TPSA) is 12.5 Å². The van der Waals surface area contributed by atoms with Gasteiger partial charge in [-0.05, 0) is 73.6 Å². The van der Waals surface area contributed by atoms with Crippen molar-refractivity contribution in [1.29, 1.82) is 0 Å². The molecule has 0 atom stereocenters. The number of anilines is 1. The van der Waals surface area contributed by atoms with Crippen LogP contribution in [0.3, 0.4) is 0 Å². The first-order chi connectivity index (χ1) is 13.2. The molecule has 0 N–H and O–H groups in total. The van der Waals surface area contributed by atoms with E-state index < -0.39 is 0 Å². The standard InChI is InChI=1S/C14H21NO.C8H9F.C2H6/c1-3-12-11-13(16-2)7-8-14(12)15-9-5-4-6-10-15;1-2-7-4-3-5-8(9)6-7;1-2/h7-8,11H,3-6,9-10H2,1-2H3;3-6H,2H2,1H3;1-2H3. The summed E-state index contributed by atoms with van der Waals surface area (Å²) in [6.45, 7) is 10.6. The Kier molecular flexibility index (Phi) is 11.2. The fourth-order valence-electron chi connectivity index (χ4n) is 3.17. The summed E-state index contributed by atoms with van der Waals surface area (Å²) in [6, 6.07) is 13.1. The van der Waals surface area contributed by atoms with E-state index >= 15 is 0 Å². The van der Waals surface area contributed by atoms with Crippen LogP contribution in [0.15, 0.2) is 42.5 Å². The zero-order valence-corrected chi connectivity index (χ0v) is 17.7. The maximum atomic E-state index is 12.4. The number of aryl methyl sites for hydroxylation is 2. The molecule has 2 aromatic rings. The van der Waals surface area contributed by atoms with Crippen molar-refractivity contribution < 1.29 is 9.13 Å². The van der Waals surface area contributed by atoms with Crippen LogP contribution in [0.2, 0.25) is 0 Å². The maximum absolute atomic E-state index is 12.4. The average Bonchev–Trinajstić information content (AvgIpc) is 2.75. The number of hydrogen-bond donors (Lipinski definition) is 0. The molecule has 1 heterocycles. The van der Waals surface area contributed by atoms with Gasteiger partial charge in [-0.2, -0.15) is 0 Å². The van der Waals surface area contributed by atoms with E-state index in [4.69, 9.17) is 4.74 Å². The summed E-state index contributed by atoms with van der Waals surface area (Å²) in [5.41, 5.74) is 3.86. The third-order valence-corrected chi connectivity index (χ3v) is 4.66. The van der Waals surface area contributed by atoms with Crippen molar-refractivity contribution in [2.24, 2.45) is 0 Å². The first-order valence-corrected chi connectivity index (χ1v) is 10.3. The Morgan fingerprint density at radius 3 is 2.15 bits per heavy atom. The lowest BCUT2D eigenvalue weighted by molar-refractivity contribution is 0.414. The van der Waals surface area contributed by atoms with Crippen molar-refractivity contribution in [2.75, 3.05) is 25.1 Å². The molecule has 0 bridgehead atoms. The van der Waals surface area contributed by atoms with Gasteiger partial charge in [-0.1, -0.05) is 39.8 Å². The van der Waals surface area contributed by atoms with E-state index in [1.54, 1.807) is 19.2 Å². The van der Waals surface area contributed by atoms with Crippen molar-refractivity contribution in [2.45, 2.75) is 59.8 Å². The molecule has 0 spiro atoms. The number of benzene rings is 2. The highest BCUT2D eigenvalue weighted by Crippen LogP contribution is 2.28. The largest absolute Gasteiger partial charge is 0.497 e. The van der Waals surface area contributed by atoms with Crippen molar-refractivity contribution >= 4 is 5.69 Å². The molecule has 2 aromatic carbocycles. The van der Waals surface area contributed by atoms with E-state index in [1.807, 2.05) is 26.8 Å². The summed E-state index contributed by atoms with van der Waals surface area (Å²) < 4.78 is 17.6. The van der Waals surface area contributed by atoms with Crippen molar-refractivity contribution in [1.82, 2.24) is 0 Å². The Hall–Kier alpha value is -2.03. The van der Waals surface area contributed by atoms with Gasteiger partial charge in [0.1, 0.15) is 11.6 Å². The van der Waals surface area contributed by atoms with Crippen molar-refractivity contribution in [3.63, 3.8) is 0 Å². The molecule has 2 nitrogen and oxygen atoms in total. The van der Waals surface area contributed by atoms with Crippen LogP contribution in [0.4, 0.5) is 10.1 Å². The lowest BCUT2D eigenvalue weighted by Crippen LogP contribution is -2.30. The first-order valence-electron chi connectivity index (χ1n) is 10.3. The van der Waals surface area contributed by atoms with Crippen LogP contribution in [0.25, 0.3) is 0 Å². The second-order valence-corrected chi connectivity index (χ2v) is 6.38. The van der Waals surface area contributed by atoms with Gasteiger partial charge in [-0.25, -0.2) is 4.39 Å². The monoisotopic (exact) mass is 373 g/mol. The van der Waals surface area contributed by atoms with Gasteiger partial charge >= 0.3 is 0 Å². The van der Waals surface area contributed by atoms with Crippen LogP contribution in [0.5, 0.6) is 5.75 Å². The molecular weight excluding hydrogens is 337 g/mol. The Morgan fingerprint density at radius 1 is 0.926 bits per heavy atom. The molecule has 1 saturated heterocycles. The molecule has 0 radical (unpaired) electrons. The lowest BCUT2D eigenvalue weighted by atomic mass is 10.1. The van der Waals surface area contributed by atoms with Gasteiger partial charge < -0.3 is 9.64 Å². The van der Waals surface area contributed by atoms with Gasteiger partial charge in [0.05, 0.1) is 7.11 Å². The van der Waals surface area contributed by atoms with Gasteiger partial charge in [0.15, 0.2) is 0 Å². The van der Waals surface area contributed by atoms with Crippen LogP contribution in [0.1, 0.15) is 58.1 Å². The van der Waals surface area contributed by atoms with Crippen LogP contribution < -0.4 is 9.64 Å². The van der Waals surface area contributed by atoms with Gasteiger partial charge in [0.25, 0.3) is 0 Å². The summed E-state index contributed by atoms with van der Waals surface area (Å²) in [5.74, 6) is 0.826. The summed E-state index contributed by atoms with van der Waals surface area (Å²) >= 11 is 0. The fourth-order valence-corrected chi connectivity index (χ4v) is 3.17. The third kappa shape index (κ3) is 7.62. The van der Waals surface area contributed by atoms with Crippen LogP contribution >= 0.6 is 0 Å². The molecule has 150 valence electrons. The van der Waals surface area contributed by atoms with Crippen molar-refractivity contribution in [3.05, 3.63) is 59.4 Å². The van der Waals surface area contributed by atoms with E-state index in [-0.39, 0.29) is 5.82 Å². The quantitative estimate of drug-likeness (QED) is 0.594. The smallest absolute Gasteiger partial charge is 0.123 e. The minimum atomic E-state index is -0.144. The van der Waals surface area contributed by atoms with E-state index in [1.165, 1.54) is 49.7 Å². The van der Waals surface area contributed by atoms with Gasteiger partial charge in [-0.15, -0.1) is 0 Å². The molecule has 27 heavy (non-hydrogen) atoms. The molecule has 3 rings (SSSR count). The Morgan fingerprint density at radius 2 is 1.63 bits per heavy atom. The molecule has 3 heteroatoms. The highest BCUT2D eigenvalue weighted by atomic mass is 19.1. The summed E-state index contributed by atoms with van der Waals surface area (Å²) in [5, 5.41) is 0. The molecule has 1 fully saturated rings. The van der Waals surface area contributed by atoms with Crippen molar-refractivity contribution in [3.8, 4) is 5.75 Å². The SMILES string of the molecule is CC.CCc1cc(OC)ccc1N1CCCCC1.CCc1cccc(F)c1. The number of rotatable bonds is 4. The van der Waals surface area contributed by atoms with Crippen LogP contribution in [-0.4, -0.2) is 20.2 Å². The minimum absolute atomic E-state index is 0.144. The molecule has 0 amide bonds. The van der Waals surface area contributed by atoms with E-state index in [0.717, 1.165) is 24.2 Å². The highest BCUT2D eigenvalue weighted by molar-refractivity contribution is 5.56. The predicted octanol–water partition coefficient (Wildman–Crippen LogP) is 6.66. The molecule has 0 aliphatic carbocycles. The van der Waals surface area contributed by atoms with E-state index in [0.29, 0.717) is 0 Å². The molecule has 0 unspecified atom stereocenters. The Labute approximate surface area is 165 Å². The molecule has 1 aliphatic heterocycles. The minimum Gasteiger partial charge on any atom is -0.497 e. The molecule has 1 aliphatic rings. The molecule has 0 aromatic heterocycles. The second-order valence-electron chi connectivity index (χ2n) is 6.38. The zero-order valence-electron chi connectivity index (χ0n) is 17.7. The number of nitrogens with zero attached hydrogens (tertiary/aromatic N) is 1. The summed E-state index contributed by atoms with van der Waals surface area (Å²) in [7, 11) is 1.73.